The van der Waals surface area contributed by atoms with Crippen molar-refractivity contribution in [2.45, 2.75) is 25.7 Å². The maximum absolute atomic E-state index is 10.4. The van der Waals surface area contributed by atoms with Crippen LogP contribution in [0.3, 0.4) is 0 Å². The summed E-state index contributed by atoms with van der Waals surface area (Å²) >= 11 is 0. The van der Waals surface area contributed by atoms with Gasteiger partial charge >= 0.3 is 0 Å². The van der Waals surface area contributed by atoms with Crippen molar-refractivity contribution in [2.75, 3.05) is 33.0 Å². The van der Waals surface area contributed by atoms with E-state index in [4.69, 9.17) is 20.9 Å². The fourth-order valence-corrected chi connectivity index (χ4v) is 1.09. The molecular weight excluding hydrogens is 196 g/mol. The molecule has 4 N–H and O–H groups in total. The molecule has 0 heterocycles. The minimum atomic E-state index is -0.230. The first-order valence-corrected chi connectivity index (χ1v) is 5.41. The van der Waals surface area contributed by atoms with Gasteiger partial charge in [0.25, 0.3) is 0 Å². The van der Waals surface area contributed by atoms with Gasteiger partial charge in [-0.3, -0.25) is 4.79 Å². The van der Waals surface area contributed by atoms with Crippen molar-refractivity contribution in [1.29, 1.82) is 0 Å². The number of rotatable bonds is 11. The van der Waals surface area contributed by atoms with Gasteiger partial charge in [0.2, 0.25) is 5.91 Å². The second-order valence-corrected chi connectivity index (χ2v) is 3.29. The summed E-state index contributed by atoms with van der Waals surface area (Å²) in [6.45, 7) is 3.05. The van der Waals surface area contributed by atoms with Gasteiger partial charge in [-0.25, -0.2) is 0 Å². The van der Waals surface area contributed by atoms with Crippen molar-refractivity contribution in [2.24, 2.45) is 11.5 Å². The lowest BCUT2D eigenvalue weighted by atomic mass is 10.2. The van der Waals surface area contributed by atoms with E-state index in [9.17, 15) is 4.79 Å². The molecule has 90 valence electrons. The summed E-state index contributed by atoms with van der Waals surface area (Å²) in [7, 11) is 0. The van der Waals surface area contributed by atoms with E-state index in [2.05, 4.69) is 0 Å². The molecule has 0 fully saturated rings. The van der Waals surface area contributed by atoms with Gasteiger partial charge < -0.3 is 20.9 Å². The molecule has 0 rings (SSSR count). The lowest BCUT2D eigenvalue weighted by molar-refractivity contribution is -0.118. The zero-order valence-electron chi connectivity index (χ0n) is 9.24. The molecule has 1 amide bonds. The van der Waals surface area contributed by atoms with Crippen molar-refractivity contribution < 1.29 is 14.3 Å². The van der Waals surface area contributed by atoms with Gasteiger partial charge in [-0.2, -0.15) is 0 Å². The van der Waals surface area contributed by atoms with E-state index >= 15 is 0 Å². The summed E-state index contributed by atoms with van der Waals surface area (Å²) in [4.78, 5) is 10.4. The van der Waals surface area contributed by atoms with E-state index in [0.717, 1.165) is 19.3 Å². The van der Waals surface area contributed by atoms with Crippen LogP contribution in [0.5, 0.6) is 0 Å². The molecule has 0 saturated carbocycles. The molecule has 15 heavy (non-hydrogen) atoms. The van der Waals surface area contributed by atoms with E-state index in [-0.39, 0.29) is 5.91 Å². The molecule has 0 aliphatic rings. The van der Waals surface area contributed by atoms with Crippen LogP contribution in [0, 0.1) is 0 Å². The fraction of sp³-hybridized carbons (Fsp3) is 0.900. The van der Waals surface area contributed by atoms with Gasteiger partial charge in [0.05, 0.1) is 19.8 Å². The van der Waals surface area contributed by atoms with Crippen LogP contribution in [-0.2, 0) is 14.3 Å². The quantitative estimate of drug-likeness (QED) is 0.479. The van der Waals surface area contributed by atoms with Gasteiger partial charge in [-0.1, -0.05) is 6.42 Å². The maximum Gasteiger partial charge on any atom is 0.217 e. The minimum Gasteiger partial charge on any atom is -0.379 e. The molecule has 0 aliphatic heterocycles. The van der Waals surface area contributed by atoms with Crippen molar-refractivity contribution in [1.82, 2.24) is 0 Å². The third-order valence-electron chi connectivity index (χ3n) is 1.85. The fourth-order valence-electron chi connectivity index (χ4n) is 1.09. The van der Waals surface area contributed by atoms with Crippen molar-refractivity contribution in [3.05, 3.63) is 0 Å². The lowest BCUT2D eigenvalue weighted by Crippen LogP contribution is -2.12. The zero-order valence-corrected chi connectivity index (χ0v) is 9.24. The number of unbranched alkanes of at least 4 members (excludes halogenated alkanes) is 2. The Morgan fingerprint density at radius 2 is 1.60 bits per heavy atom. The minimum absolute atomic E-state index is 0.230. The monoisotopic (exact) mass is 218 g/mol. The number of primary amides is 1. The van der Waals surface area contributed by atoms with Crippen LogP contribution in [0.2, 0.25) is 0 Å². The molecule has 0 radical (unpaired) electrons. The number of hydrogen-bond acceptors (Lipinski definition) is 4. The van der Waals surface area contributed by atoms with E-state index in [0.29, 0.717) is 39.4 Å². The van der Waals surface area contributed by atoms with Crippen molar-refractivity contribution >= 4 is 5.91 Å². The van der Waals surface area contributed by atoms with E-state index < -0.39 is 0 Å². The topological polar surface area (TPSA) is 87.6 Å². The van der Waals surface area contributed by atoms with Gasteiger partial charge in [-0.15, -0.1) is 0 Å². The Labute approximate surface area is 91.1 Å². The number of carbonyl (C=O) groups is 1. The second kappa shape index (κ2) is 11.4. The second-order valence-electron chi connectivity index (χ2n) is 3.29. The molecule has 0 spiro atoms. The smallest absolute Gasteiger partial charge is 0.217 e. The molecule has 0 aromatic carbocycles. The Kier molecular flexibility index (Phi) is 10.9. The third-order valence-corrected chi connectivity index (χ3v) is 1.85. The molecule has 0 aromatic rings. The van der Waals surface area contributed by atoms with E-state index in [1.807, 2.05) is 0 Å². The highest BCUT2D eigenvalue weighted by Gasteiger charge is 1.94. The summed E-state index contributed by atoms with van der Waals surface area (Å²) < 4.78 is 10.4. The average Bonchev–Trinajstić information content (AvgIpc) is 2.20. The molecule has 0 aromatic heterocycles. The summed E-state index contributed by atoms with van der Waals surface area (Å²) in [5.74, 6) is -0.230. The normalized spacial score (nSPS) is 10.5. The van der Waals surface area contributed by atoms with Gasteiger partial charge in [0, 0.05) is 19.6 Å². The molecule has 0 bridgehead atoms. The van der Waals surface area contributed by atoms with Crippen LogP contribution in [0.1, 0.15) is 25.7 Å². The Morgan fingerprint density at radius 3 is 2.20 bits per heavy atom. The van der Waals surface area contributed by atoms with Gasteiger partial charge in [0.1, 0.15) is 0 Å². The molecular formula is C10H22N2O3. The van der Waals surface area contributed by atoms with Crippen molar-refractivity contribution in [3.63, 3.8) is 0 Å². The number of hydrogen-bond donors (Lipinski definition) is 2. The van der Waals surface area contributed by atoms with Crippen LogP contribution < -0.4 is 11.5 Å². The number of ether oxygens (including phenoxy) is 2. The molecule has 0 aliphatic carbocycles. The molecule has 0 atom stereocenters. The van der Waals surface area contributed by atoms with Crippen LogP contribution in [0.15, 0.2) is 0 Å². The average molecular weight is 218 g/mol. The number of amides is 1. The van der Waals surface area contributed by atoms with Crippen LogP contribution in [0.4, 0.5) is 0 Å². The van der Waals surface area contributed by atoms with Crippen LogP contribution in [0.25, 0.3) is 0 Å². The predicted molar refractivity (Wildman–Crippen MR) is 58.4 cm³/mol. The summed E-state index contributed by atoms with van der Waals surface area (Å²) in [5.41, 5.74) is 10.2. The predicted octanol–water partition coefficient (Wildman–Crippen LogP) is 0.0240. The molecule has 0 saturated heterocycles. The highest BCUT2D eigenvalue weighted by Crippen LogP contribution is 1.99. The number of carbonyl (C=O) groups excluding carboxylic acids is 1. The third kappa shape index (κ3) is 13.3. The first kappa shape index (κ1) is 14.3. The lowest BCUT2D eigenvalue weighted by Gasteiger charge is -2.04. The van der Waals surface area contributed by atoms with Crippen LogP contribution >= 0.6 is 0 Å². The van der Waals surface area contributed by atoms with E-state index in [1.54, 1.807) is 0 Å². The summed E-state index contributed by atoms with van der Waals surface area (Å²) in [6, 6.07) is 0. The maximum atomic E-state index is 10.4. The summed E-state index contributed by atoms with van der Waals surface area (Å²) in [5, 5.41) is 0. The molecule has 5 heteroatoms. The summed E-state index contributed by atoms with van der Waals surface area (Å²) in [6.07, 6.45) is 3.26. The Morgan fingerprint density at radius 1 is 0.933 bits per heavy atom. The zero-order chi connectivity index (χ0) is 11.4. The van der Waals surface area contributed by atoms with Gasteiger partial charge in [0.15, 0.2) is 0 Å². The standard InChI is InChI=1S/C10H22N2O3/c11-5-7-15-9-8-14-6-3-1-2-4-10(12)13/h1-9,11H2,(H2,12,13). The van der Waals surface area contributed by atoms with Crippen LogP contribution in [-0.4, -0.2) is 38.9 Å². The Balaban J connectivity index is 2.89. The largest absolute Gasteiger partial charge is 0.379 e. The van der Waals surface area contributed by atoms with Crippen molar-refractivity contribution in [3.8, 4) is 0 Å². The molecule has 0 unspecified atom stereocenters. The molecule has 5 nitrogen and oxygen atoms in total. The van der Waals surface area contributed by atoms with E-state index in [1.165, 1.54) is 0 Å². The SMILES string of the molecule is NCCOCCOCCCCCC(N)=O. The number of nitrogens with two attached hydrogens (primary N) is 2. The first-order valence-electron chi connectivity index (χ1n) is 5.41. The van der Waals surface area contributed by atoms with Gasteiger partial charge in [-0.05, 0) is 12.8 Å². The Bertz CT molecular complexity index is 154. The highest BCUT2D eigenvalue weighted by atomic mass is 16.5. The Hall–Kier alpha value is -0.650. The first-order chi connectivity index (χ1) is 7.27. The highest BCUT2D eigenvalue weighted by molar-refractivity contribution is 5.73.